The number of aromatic nitrogens is 1. The van der Waals surface area contributed by atoms with E-state index in [4.69, 9.17) is 0 Å². The summed E-state index contributed by atoms with van der Waals surface area (Å²) in [6, 6.07) is 11.7. The van der Waals surface area contributed by atoms with Gasteiger partial charge in [-0.1, -0.05) is 24.3 Å². The molecule has 0 aliphatic rings. The first-order valence-corrected chi connectivity index (χ1v) is 5.23. The van der Waals surface area contributed by atoms with Crippen LogP contribution in [0.3, 0.4) is 0 Å². The fourth-order valence-electron chi connectivity index (χ4n) is 1.57. The average Bonchev–Trinajstić information content (AvgIpc) is 2.29. The Kier molecular flexibility index (Phi) is 2.75. The van der Waals surface area contributed by atoms with Gasteiger partial charge in [0.05, 0.1) is 11.8 Å². The summed E-state index contributed by atoms with van der Waals surface area (Å²) in [6.07, 6.45) is 4.53. The van der Waals surface area contributed by atoms with Gasteiger partial charge in [-0.15, -0.1) is 0 Å². The van der Waals surface area contributed by atoms with E-state index >= 15 is 0 Å². The highest BCUT2D eigenvalue weighted by Crippen LogP contribution is 2.24. The van der Waals surface area contributed by atoms with E-state index in [-0.39, 0.29) is 0 Å². The van der Waals surface area contributed by atoms with Crippen LogP contribution in [0, 0.1) is 6.20 Å². The van der Waals surface area contributed by atoms with Gasteiger partial charge in [-0.25, -0.2) is 0 Å². The fourth-order valence-corrected chi connectivity index (χ4v) is 1.57. The molecule has 2 rings (SSSR count). The molecule has 16 heavy (non-hydrogen) atoms. The first kappa shape index (κ1) is 10.8. The first-order chi connectivity index (χ1) is 7.57. The number of hydrogen-bond donors (Lipinski definition) is 1. The molecular formula is C14H14NO. The predicted molar refractivity (Wildman–Crippen MR) is 63.8 cm³/mol. The highest BCUT2D eigenvalue weighted by molar-refractivity contribution is 5.62. The third-order valence-electron chi connectivity index (χ3n) is 2.55. The monoisotopic (exact) mass is 212 g/mol. The van der Waals surface area contributed by atoms with Gasteiger partial charge in [-0.3, -0.25) is 4.98 Å². The molecule has 0 amide bonds. The third-order valence-corrected chi connectivity index (χ3v) is 2.55. The summed E-state index contributed by atoms with van der Waals surface area (Å²) in [5, 5.41) is 9.83. The Morgan fingerprint density at radius 3 is 2.25 bits per heavy atom. The Balaban J connectivity index is 2.34. The lowest BCUT2D eigenvalue weighted by molar-refractivity contribution is 0.0786. The third kappa shape index (κ3) is 2.28. The van der Waals surface area contributed by atoms with E-state index in [2.05, 4.69) is 11.2 Å². The van der Waals surface area contributed by atoms with Crippen LogP contribution in [0.25, 0.3) is 11.1 Å². The van der Waals surface area contributed by atoms with Crippen LogP contribution >= 0.6 is 0 Å². The second kappa shape index (κ2) is 4.06. The van der Waals surface area contributed by atoms with E-state index < -0.39 is 5.60 Å². The van der Waals surface area contributed by atoms with Crippen molar-refractivity contribution in [3.05, 3.63) is 54.4 Å². The molecule has 2 heteroatoms. The van der Waals surface area contributed by atoms with Crippen LogP contribution < -0.4 is 0 Å². The normalized spacial score (nSPS) is 11.4. The van der Waals surface area contributed by atoms with Crippen molar-refractivity contribution in [3.63, 3.8) is 0 Å². The van der Waals surface area contributed by atoms with E-state index in [0.717, 1.165) is 16.7 Å². The molecule has 1 radical (unpaired) electrons. The van der Waals surface area contributed by atoms with Crippen molar-refractivity contribution in [2.45, 2.75) is 19.4 Å². The molecule has 81 valence electrons. The lowest BCUT2D eigenvalue weighted by atomic mass is 9.96. The van der Waals surface area contributed by atoms with Crippen molar-refractivity contribution in [1.29, 1.82) is 0 Å². The van der Waals surface area contributed by atoms with Gasteiger partial charge in [0.25, 0.3) is 0 Å². The summed E-state index contributed by atoms with van der Waals surface area (Å²) < 4.78 is 0. The lowest BCUT2D eigenvalue weighted by Crippen LogP contribution is -2.14. The minimum absolute atomic E-state index is 0.789. The number of pyridine rings is 1. The molecule has 0 bridgehead atoms. The number of nitrogens with zero attached hydrogens (tertiary/aromatic N) is 1. The topological polar surface area (TPSA) is 33.1 Å². The zero-order valence-electron chi connectivity index (χ0n) is 9.44. The summed E-state index contributed by atoms with van der Waals surface area (Å²) in [5.74, 6) is 0. The van der Waals surface area contributed by atoms with Crippen LogP contribution in [0.15, 0.2) is 42.6 Å². The largest absolute Gasteiger partial charge is 0.386 e. The molecule has 0 fully saturated rings. The van der Waals surface area contributed by atoms with Gasteiger partial charge in [-0.05, 0) is 42.7 Å². The molecule has 2 nitrogen and oxygen atoms in total. The fraction of sp³-hybridized carbons (Fsp3) is 0.214. The zero-order valence-corrected chi connectivity index (χ0v) is 9.44. The molecule has 2 aromatic rings. The number of rotatable bonds is 2. The van der Waals surface area contributed by atoms with Crippen molar-refractivity contribution in [1.82, 2.24) is 4.98 Å². The Labute approximate surface area is 95.6 Å². The molecule has 1 heterocycles. The number of benzene rings is 1. The van der Waals surface area contributed by atoms with Gasteiger partial charge in [0.15, 0.2) is 0 Å². The summed E-state index contributed by atoms with van der Waals surface area (Å²) in [4.78, 5) is 3.86. The van der Waals surface area contributed by atoms with Crippen molar-refractivity contribution in [2.75, 3.05) is 0 Å². The van der Waals surface area contributed by atoms with E-state index in [1.165, 1.54) is 0 Å². The molecule has 1 aromatic heterocycles. The maximum absolute atomic E-state index is 9.83. The van der Waals surface area contributed by atoms with E-state index in [1.807, 2.05) is 36.4 Å². The van der Waals surface area contributed by atoms with E-state index in [9.17, 15) is 5.11 Å². The average molecular weight is 212 g/mol. The number of hydrogen-bond acceptors (Lipinski definition) is 2. The lowest BCUT2D eigenvalue weighted by Gasteiger charge is -2.17. The quantitative estimate of drug-likeness (QED) is 0.830. The highest BCUT2D eigenvalue weighted by atomic mass is 16.3. The molecular weight excluding hydrogens is 198 g/mol. The minimum atomic E-state index is -0.789. The van der Waals surface area contributed by atoms with Crippen LogP contribution in [0.2, 0.25) is 0 Å². The standard InChI is InChI=1S/C14H14NO/c1-14(2,16)13-5-3-11(4-6-13)12-7-9-15-10-8-12/h3-9,16H,1-2H3. The van der Waals surface area contributed by atoms with Gasteiger partial charge in [0, 0.05) is 6.20 Å². The second-order valence-corrected chi connectivity index (χ2v) is 4.31. The maximum Gasteiger partial charge on any atom is 0.0892 e. The minimum Gasteiger partial charge on any atom is -0.386 e. The van der Waals surface area contributed by atoms with Crippen LogP contribution in [-0.4, -0.2) is 10.1 Å². The molecule has 1 N–H and O–H groups in total. The van der Waals surface area contributed by atoms with Gasteiger partial charge in [-0.2, -0.15) is 0 Å². The molecule has 0 unspecified atom stereocenters. The van der Waals surface area contributed by atoms with E-state index in [1.54, 1.807) is 20.0 Å². The first-order valence-electron chi connectivity index (χ1n) is 5.23. The van der Waals surface area contributed by atoms with Crippen molar-refractivity contribution in [3.8, 4) is 11.1 Å². The summed E-state index contributed by atoms with van der Waals surface area (Å²) in [7, 11) is 0. The predicted octanol–water partition coefficient (Wildman–Crippen LogP) is 2.78. The second-order valence-electron chi connectivity index (χ2n) is 4.31. The molecule has 0 saturated carbocycles. The SMILES string of the molecule is CC(C)(O)c1ccc(-c2c[c]ncc2)cc1. The Morgan fingerprint density at radius 2 is 1.75 bits per heavy atom. The Morgan fingerprint density at radius 1 is 1.06 bits per heavy atom. The van der Waals surface area contributed by atoms with Crippen LogP contribution in [0.1, 0.15) is 19.4 Å². The van der Waals surface area contributed by atoms with Crippen molar-refractivity contribution in [2.24, 2.45) is 0 Å². The highest BCUT2D eigenvalue weighted by Gasteiger charge is 2.15. The summed E-state index contributed by atoms with van der Waals surface area (Å²) in [5.41, 5.74) is 2.31. The van der Waals surface area contributed by atoms with Crippen LogP contribution in [-0.2, 0) is 5.60 Å². The molecule has 1 aromatic carbocycles. The molecule has 0 aliphatic heterocycles. The molecule has 0 aliphatic carbocycles. The Bertz CT molecular complexity index is 454. The van der Waals surface area contributed by atoms with E-state index in [0.29, 0.717) is 0 Å². The molecule has 0 spiro atoms. The zero-order chi connectivity index (χ0) is 11.6. The van der Waals surface area contributed by atoms with Gasteiger partial charge >= 0.3 is 0 Å². The summed E-state index contributed by atoms with van der Waals surface area (Å²) >= 11 is 0. The van der Waals surface area contributed by atoms with Gasteiger partial charge in [0.2, 0.25) is 0 Å². The molecule has 0 saturated heterocycles. The smallest absolute Gasteiger partial charge is 0.0892 e. The van der Waals surface area contributed by atoms with Crippen LogP contribution in [0.5, 0.6) is 0 Å². The maximum atomic E-state index is 9.83. The van der Waals surface area contributed by atoms with Gasteiger partial charge < -0.3 is 5.11 Å². The van der Waals surface area contributed by atoms with Crippen LogP contribution in [0.4, 0.5) is 0 Å². The van der Waals surface area contributed by atoms with Crippen molar-refractivity contribution < 1.29 is 5.11 Å². The Hall–Kier alpha value is -1.67. The number of aliphatic hydroxyl groups is 1. The summed E-state index contributed by atoms with van der Waals surface area (Å²) in [6.45, 7) is 3.56. The molecule has 0 atom stereocenters. The van der Waals surface area contributed by atoms with Gasteiger partial charge in [0.1, 0.15) is 0 Å². The van der Waals surface area contributed by atoms with Crippen molar-refractivity contribution >= 4 is 0 Å².